The van der Waals surface area contributed by atoms with Crippen LogP contribution in [0.4, 0.5) is 5.88 Å². The highest BCUT2D eigenvalue weighted by Crippen LogP contribution is 2.20. The number of nitrogens with one attached hydrogen (secondary N) is 1. The summed E-state index contributed by atoms with van der Waals surface area (Å²) in [5, 5.41) is 7.30. The molecule has 2 rings (SSSR count). The molecular formula is C11H9Cl3N3O2+. The lowest BCUT2D eigenvalue weighted by Crippen LogP contribution is -2.35. The van der Waals surface area contributed by atoms with E-state index < -0.39 is 0 Å². The first kappa shape index (κ1) is 14.1. The van der Waals surface area contributed by atoms with Crippen LogP contribution in [0.2, 0.25) is 10.0 Å². The Morgan fingerprint density at radius 2 is 2.21 bits per heavy atom. The molecule has 1 N–H and O–H groups in total. The van der Waals surface area contributed by atoms with Crippen molar-refractivity contribution in [2.75, 3.05) is 11.2 Å². The number of aromatic nitrogens is 2. The van der Waals surface area contributed by atoms with Crippen LogP contribution in [0.25, 0.3) is 0 Å². The van der Waals surface area contributed by atoms with E-state index in [-0.39, 0.29) is 17.7 Å². The summed E-state index contributed by atoms with van der Waals surface area (Å²) in [7, 11) is 0. The van der Waals surface area contributed by atoms with Crippen LogP contribution in [-0.2, 0) is 11.3 Å². The molecule has 0 atom stereocenters. The van der Waals surface area contributed by atoms with Gasteiger partial charge in [0, 0.05) is 10.6 Å². The Hall–Kier alpha value is -1.30. The van der Waals surface area contributed by atoms with E-state index >= 15 is 0 Å². The van der Waals surface area contributed by atoms with Gasteiger partial charge < -0.3 is 0 Å². The summed E-state index contributed by atoms with van der Waals surface area (Å²) in [6.45, 7) is 0.399. The highest BCUT2D eigenvalue weighted by Gasteiger charge is 2.15. The molecule has 1 amide bonds. The standard InChI is InChI=1S/C11H8Cl3N3O2/c12-4-10(18)15-11-6-17(16-19-11)5-7-1-2-8(13)3-9(7)14/h1-3,6H,4-5H2/p+1. The molecule has 0 spiro atoms. The van der Waals surface area contributed by atoms with Crippen molar-refractivity contribution in [3.8, 4) is 0 Å². The molecule has 0 unspecified atom stereocenters. The molecule has 1 aromatic heterocycles. The molecule has 0 saturated carbocycles. The Morgan fingerprint density at radius 1 is 1.42 bits per heavy atom. The van der Waals surface area contributed by atoms with E-state index in [2.05, 4.69) is 10.6 Å². The summed E-state index contributed by atoms with van der Waals surface area (Å²) in [5.74, 6) is -0.297. The molecule has 1 aromatic carbocycles. The second kappa shape index (κ2) is 6.23. The Balaban J connectivity index is 2.09. The molecule has 8 heteroatoms. The quantitative estimate of drug-likeness (QED) is 0.695. The first-order valence-corrected chi connectivity index (χ1v) is 6.53. The molecule has 1 heterocycles. The van der Waals surface area contributed by atoms with Crippen LogP contribution < -0.4 is 10.00 Å². The molecule has 19 heavy (non-hydrogen) atoms. The van der Waals surface area contributed by atoms with Gasteiger partial charge in [-0.1, -0.05) is 23.2 Å². The normalized spacial score (nSPS) is 10.5. The fraction of sp³-hybridized carbons (Fsp3) is 0.182. The van der Waals surface area contributed by atoms with E-state index in [0.717, 1.165) is 5.56 Å². The van der Waals surface area contributed by atoms with Gasteiger partial charge in [-0.15, -0.1) is 11.6 Å². The molecule has 5 nitrogen and oxygen atoms in total. The molecular weight excluding hydrogens is 312 g/mol. The van der Waals surface area contributed by atoms with Crippen molar-refractivity contribution in [1.82, 2.24) is 5.27 Å². The lowest BCUT2D eigenvalue weighted by molar-refractivity contribution is -0.754. The van der Waals surface area contributed by atoms with Crippen molar-refractivity contribution < 1.29 is 14.0 Å². The van der Waals surface area contributed by atoms with Crippen LogP contribution in [0, 0.1) is 0 Å². The van der Waals surface area contributed by atoms with E-state index in [1.807, 2.05) is 0 Å². The molecule has 0 aliphatic carbocycles. The highest BCUT2D eigenvalue weighted by atomic mass is 35.5. The average Bonchev–Trinajstić information content (AvgIpc) is 2.80. The van der Waals surface area contributed by atoms with Gasteiger partial charge in [-0.25, -0.2) is 0 Å². The van der Waals surface area contributed by atoms with Crippen LogP contribution in [-0.4, -0.2) is 17.1 Å². The van der Waals surface area contributed by atoms with Crippen molar-refractivity contribution in [2.45, 2.75) is 6.54 Å². The summed E-state index contributed by atoms with van der Waals surface area (Å²) in [5.41, 5.74) is 0.833. The summed E-state index contributed by atoms with van der Waals surface area (Å²) in [6, 6.07) is 5.18. The zero-order valence-electron chi connectivity index (χ0n) is 9.57. The average molecular weight is 322 g/mol. The largest absolute Gasteiger partial charge is 0.302 e. The molecule has 0 fully saturated rings. The van der Waals surface area contributed by atoms with Gasteiger partial charge >= 0.3 is 5.88 Å². The molecule has 2 aromatic rings. The number of amides is 1. The topological polar surface area (TPSA) is 59.0 Å². The minimum atomic E-state index is -0.366. The molecule has 0 bridgehead atoms. The van der Waals surface area contributed by atoms with Crippen molar-refractivity contribution >= 4 is 46.6 Å². The van der Waals surface area contributed by atoms with Crippen molar-refractivity contribution in [3.05, 3.63) is 40.0 Å². The summed E-state index contributed by atoms with van der Waals surface area (Å²) >= 11 is 17.2. The predicted molar refractivity (Wildman–Crippen MR) is 71.6 cm³/mol. The maximum atomic E-state index is 11.1. The lowest BCUT2D eigenvalue weighted by Gasteiger charge is -1.97. The van der Waals surface area contributed by atoms with Crippen LogP contribution in [0.3, 0.4) is 0 Å². The maximum Gasteiger partial charge on any atom is 0.302 e. The smallest absolute Gasteiger partial charge is 0.288 e. The zero-order valence-corrected chi connectivity index (χ0v) is 11.8. The third-order valence-corrected chi connectivity index (χ3v) is 3.07. The Kier molecular flexibility index (Phi) is 4.63. The molecule has 0 aliphatic rings. The van der Waals surface area contributed by atoms with Crippen LogP contribution in [0.1, 0.15) is 5.56 Å². The van der Waals surface area contributed by atoms with Gasteiger partial charge in [0.2, 0.25) is 17.7 Å². The predicted octanol–water partition coefficient (Wildman–Crippen LogP) is 2.49. The lowest BCUT2D eigenvalue weighted by atomic mass is 10.2. The fourth-order valence-corrected chi connectivity index (χ4v) is 1.94. The van der Waals surface area contributed by atoms with Gasteiger partial charge in [-0.2, -0.15) is 0 Å². The summed E-state index contributed by atoms with van der Waals surface area (Å²) in [4.78, 5) is 11.1. The molecule has 100 valence electrons. The van der Waals surface area contributed by atoms with Gasteiger partial charge in [0.15, 0.2) is 0 Å². The van der Waals surface area contributed by atoms with E-state index in [1.54, 1.807) is 18.2 Å². The van der Waals surface area contributed by atoms with Gasteiger partial charge in [0.05, 0.1) is 5.02 Å². The number of hydrogen-bond donors (Lipinski definition) is 1. The van der Waals surface area contributed by atoms with Crippen LogP contribution in [0.15, 0.2) is 28.9 Å². The molecule has 0 saturated heterocycles. The van der Waals surface area contributed by atoms with Gasteiger partial charge in [-0.05, 0) is 22.9 Å². The number of anilines is 1. The number of carbonyl (C=O) groups excluding carboxylic acids is 1. The monoisotopic (exact) mass is 320 g/mol. The highest BCUT2D eigenvalue weighted by molar-refractivity contribution is 6.35. The minimum absolute atomic E-state index is 0.149. The van der Waals surface area contributed by atoms with Gasteiger partial charge in [0.25, 0.3) is 6.20 Å². The Labute approximate surface area is 124 Å². The Morgan fingerprint density at radius 3 is 2.89 bits per heavy atom. The van der Waals surface area contributed by atoms with E-state index in [1.165, 1.54) is 10.9 Å². The fourth-order valence-electron chi connectivity index (χ4n) is 1.40. The number of nitrogens with zero attached hydrogens (tertiary/aromatic N) is 2. The SMILES string of the molecule is O=C(CCl)Nc1c[n+](Cc2ccc(Cl)cc2Cl)no1. The van der Waals surface area contributed by atoms with E-state index in [9.17, 15) is 4.79 Å². The van der Waals surface area contributed by atoms with Gasteiger partial charge in [0.1, 0.15) is 5.88 Å². The summed E-state index contributed by atoms with van der Waals surface area (Å²) < 4.78 is 6.43. The van der Waals surface area contributed by atoms with Crippen molar-refractivity contribution in [1.29, 1.82) is 0 Å². The van der Waals surface area contributed by atoms with Crippen LogP contribution in [0.5, 0.6) is 0 Å². The number of carbonyl (C=O) groups is 1. The third kappa shape index (κ3) is 3.83. The van der Waals surface area contributed by atoms with Crippen molar-refractivity contribution in [2.24, 2.45) is 0 Å². The first-order valence-electron chi connectivity index (χ1n) is 5.24. The minimum Gasteiger partial charge on any atom is -0.288 e. The first-order chi connectivity index (χ1) is 9.08. The Bertz CT molecular complexity index is 601. The summed E-state index contributed by atoms with van der Waals surface area (Å²) in [6.07, 6.45) is 1.54. The number of halogens is 3. The number of benzene rings is 1. The molecule has 0 aliphatic heterocycles. The van der Waals surface area contributed by atoms with Crippen molar-refractivity contribution in [3.63, 3.8) is 0 Å². The van der Waals surface area contributed by atoms with Gasteiger partial charge in [-0.3, -0.25) is 14.6 Å². The zero-order chi connectivity index (χ0) is 13.8. The van der Waals surface area contributed by atoms with E-state index in [0.29, 0.717) is 16.6 Å². The van der Waals surface area contributed by atoms with E-state index in [4.69, 9.17) is 39.3 Å². The number of alkyl halides is 1. The second-order valence-corrected chi connectivity index (χ2v) is 4.79. The number of hydrogen-bond acceptors (Lipinski definition) is 3. The molecule has 0 radical (unpaired) electrons. The third-order valence-electron chi connectivity index (χ3n) is 2.24. The number of rotatable bonds is 4. The van der Waals surface area contributed by atoms with Crippen LogP contribution >= 0.6 is 34.8 Å². The second-order valence-electron chi connectivity index (χ2n) is 3.68. The maximum absolute atomic E-state index is 11.1.